The quantitative estimate of drug-likeness (QED) is 0.173. The fraction of sp³-hybridized carbons (Fsp3) is 0.125. The molecule has 10 aromatic carbocycles. The monoisotopic (exact) mass is 1230 g/mol. The maximum atomic E-state index is 12.1. The van der Waals surface area contributed by atoms with Gasteiger partial charge < -0.3 is 33.1 Å². The average molecular weight is 1240 g/mol. The first-order valence-electron chi connectivity index (χ1n) is 34.0. The first-order valence-corrected chi connectivity index (χ1v) is 34.0. The Bertz CT molecular complexity index is 6060. The van der Waals surface area contributed by atoms with Gasteiger partial charge in [-0.3, -0.25) is 0 Å². The number of nitriles is 1. The van der Waals surface area contributed by atoms with Crippen molar-refractivity contribution in [3.63, 3.8) is 0 Å². The number of nitrogens with one attached hydrogen (secondary N) is 1. The molecular weight excluding hydrogens is 1170 g/mol. The molecule has 20 rings (SSSR count). The average Bonchev–Trinajstić information content (AvgIpc) is 1.51. The summed E-state index contributed by atoms with van der Waals surface area (Å²) < 4.78 is 12.5. The van der Waals surface area contributed by atoms with E-state index in [0.29, 0.717) is 5.92 Å². The molecule has 6 unspecified atom stereocenters. The molecule has 1 N–H and O–H groups in total. The molecule has 0 bridgehead atoms. The highest BCUT2D eigenvalue weighted by Crippen LogP contribution is 2.55. The molecule has 2 aliphatic heterocycles. The molecule has 5 aliphatic rings. The van der Waals surface area contributed by atoms with Crippen LogP contribution in [0.5, 0.6) is 0 Å². The van der Waals surface area contributed by atoms with Crippen molar-refractivity contribution >= 4 is 121 Å². The number of anilines is 1. The number of allylic oxidation sites excluding steroid dienone is 9. The predicted molar refractivity (Wildman–Crippen MR) is 399 cm³/mol. The summed E-state index contributed by atoms with van der Waals surface area (Å²) in [7, 11) is 0. The Morgan fingerprint density at radius 2 is 0.917 bits per heavy atom. The van der Waals surface area contributed by atoms with E-state index in [9.17, 15) is 5.26 Å². The molecule has 3 aliphatic carbocycles. The zero-order chi connectivity index (χ0) is 63.8. The topological polar surface area (TPSA) is 63.7 Å². The van der Waals surface area contributed by atoms with E-state index in [1.807, 2.05) is 0 Å². The molecule has 0 saturated carbocycles. The van der Waals surface area contributed by atoms with Crippen LogP contribution in [0.2, 0.25) is 0 Å². The lowest BCUT2D eigenvalue weighted by atomic mass is 9.74. The van der Waals surface area contributed by atoms with E-state index < -0.39 is 0 Å². The highest BCUT2D eigenvalue weighted by Gasteiger charge is 2.45. The molecule has 96 heavy (non-hydrogen) atoms. The van der Waals surface area contributed by atoms with Crippen LogP contribution < -0.4 is 10.2 Å². The molecular formula is C88H66N8. The van der Waals surface area contributed by atoms with Crippen molar-refractivity contribution in [2.45, 2.75) is 52.1 Å². The van der Waals surface area contributed by atoms with Gasteiger partial charge in [0.15, 0.2) is 0 Å². The Kier molecular flexibility index (Phi) is 11.7. The number of nitrogens with zero attached hydrogens (tertiary/aromatic N) is 7. The van der Waals surface area contributed by atoms with Crippen molar-refractivity contribution < 1.29 is 0 Å². The third-order valence-corrected chi connectivity index (χ3v) is 21.8. The van der Waals surface area contributed by atoms with Crippen molar-refractivity contribution in [3.8, 4) is 23.1 Å². The minimum absolute atomic E-state index is 0.0426. The number of benzene rings is 10. The molecule has 8 nitrogen and oxygen atoms in total. The van der Waals surface area contributed by atoms with Crippen molar-refractivity contribution in [2.24, 2.45) is 17.8 Å². The lowest BCUT2D eigenvalue weighted by molar-refractivity contribution is 0.546. The van der Waals surface area contributed by atoms with Gasteiger partial charge >= 0.3 is 0 Å². The number of hydrogen-bond donors (Lipinski definition) is 1. The van der Waals surface area contributed by atoms with E-state index in [1.165, 1.54) is 71.1 Å². The summed E-state index contributed by atoms with van der Waals surface area (Å²) in [4.78, 5) is 2.66. The Hall–Kier alpha value is -11.8. The summed E-state index contributed by atoms with van der Waals surface area (Å²) in [6.45, 7) is 9.12. The highest BCUT2D eigenvalue weighted by molar-refractivity contribution is 6.15. The van der Waals surface area contributed by atoms with E-state index in [0.717, 1.165) is 107 Å². The SMILES string of the molecule is CC1=CC(C2C(C#N)=CC(N3c4cc(-n5c6ccccc6c6ccccc65)ccc4C4C=CC(n5c6ccccc6c6ccccc65)=CC43)=C(n3c4cc(-n5c6c(c7ccccc75)CC(C)C=C6)ccc4c4ccc(-n5c6ccccc6c6ccccc65)cc43)C2C)=CC(C)N1. The molecule has 458 valence electrons. The van der Waals surface area contributed by atoms with Crippen molar-refractivity contribution in [1.29, 1.82) is 5.26 Å². The minimum atomic E-state index is -0.284. The molecule has 5 aromatic heterocycles. The van der Waals surface area contributed by atoms with Crippen LogP contribution in [0.3, 0.4) is 0 Å². The Morgan fingerprint density at radius 3 is 1.45 bits per heavy atom. The van der Waals surface area contributed by atoms with Crippen molar-refractivity contribution in [2.75, 3.05) is 4.90 Å². The third kappa shape index (κ3) is 7.77. The standard InChI is InChI=1S/C88H66N8/c1-52-33-42-81-73(43-52)68-25-11-18-32-80(68)94(81)61-37-41-72-71-40-36-60(93-78-30-16-9-23-66(78)67-24-10-17-31-79(67)93)49-84(71)96(85(72)50-61)88-55(4)87(56-44-53(2)90-54(3)45-56)57(51-89)46-86(88)95-82-47-58(91-74-26-12-5-19-62(74)63-20-6-13-27-75(63)91)34-38-69(82)70-39-35-59(48-83(70)95)92-76-28-14-7-21-64(76)65-22-8-15-29-77(65)92/h5-42,44-50,52-53,55,69,82,87,90H,43H2,1-4H3. The van der Waals surface area contributed by atoms with Crippen LogP contribution in [0.25, 0.3) is 133 Å². The number of fused-ring (bicyclic) bond motifs is 18. The molecule has 6 atom stereocenters. The largest absolute Gasteiger partial charge is 0.383 e. The first-order chi connectivity index (χ1) is 47.2. The van der Waals surface area contributed by atoms with Gasteiger partial charge in [0.25, 0.3) is 0 Å². The van der Waals surface area contributed by atoms with Crippen LogP contribution in [0, 0.1) is 29.1 Å². The number of para-hydroxylation sites is 7. The van der Waals surface area contributed by atoms with Gasteiger partial charge in [0.1, 0.15) is 0 Å². The van der Waals surface area contributed by atoms with Crippen LogP contribution in [0.4, 0.5) is 5.69 Å². The van der Waals surface area contributed by atoms with Crippen LogP contribution in [-0.4, -0.2) is 34.9 Å². The molecule has 15 aromatic rings. The zero-order valence-electron chi connectivity index (χ0n) is 53.8. The van der Waals surface area contributed by atoms with Crippen LogP contribution in [-0.2, 0) is 6.42 Å². The molecule has 0 saturated heterocycles. The van der Waals surface area contributed by atoms with Gasteiger partial charge in [-0.1, -0.05) is 178 Å². The maximum absolute atomic E-state index is 12.1. The molecule has 8 heteroatoms. The van der Waals surface area contributed by atoms with Crippen molar-refractivity contribution in [3.05, 3.63) is 306 Å². The summed E-state index contributed by atoms with van der Waals surface area (Å²) in [5.74, 6) is -0.139. The Labute approximate surface area is 555 Å². The second kappa shape index (κ2) is 20.6. The summed E-state index contributed by atoms with van der Waals surface area (Å²) in [6.07, 6.45) is 20.0. The molecule has 7 heterocycles. The van der Waals surface area contributed by atoms with Crippen LogP contribution in [0.15, 0.2) is 290 Å². The molecule has 0 amide bonds. The number of aromatic nitrogens is 5. The summed E-state index contributed by atoms with van der Waals surface area (Å²) >= 11 is 0. The second-order valence-electron chi connectivity index (χ2n) is 27.4. The van der Waals surface area contributed by atoms with Gasteiger partial charge in [-0.15, -0.1) is 0 Å². The summed E-state index contributed by atoms with van der Waals surface area (Å²) in [6, 6.07) is 86.3. The summed E-state index contributed by atoms with van der Waals surface area (Å²) in [5, 5.41) is 26.7. The third-order valence-electron chi connectivity index (χ3n) is 21.8. The number of dihydropyridines is 1. The van der Waals surface area contributed by atoms with Gasteiger partial charge in [-0.2, -0.15) is 5.26 Å². The van der Waals surface area contributed by atoms with Crippen LogP contribution >= 0.6 is 0 Å². The van der Waals surface area contributed by atoms with Crippen molar-refractivity contribution in [1.82, 2.24) is 28.2 Å². The van der Waals surface area contributed by atoms with Gasteiger partial charge in [0.05, 0.1) is 73.2 Å². The highest BCUT2D eigenvalue weighted by atomic mass is 15.2. The lowest BCUT2D eigenvalue weighted by Gasteiger charge is -2.40. The zero-order valence-corrected chi connectivity index (χ0v) is 53.8. The number of hydrogen-bond acceptors (Lipinski definition) is 3. The number of rotatable bonds is 7. The molecule has 0 fully saturated rings. The second-order valence-corrected chi connectivity index (χ2v) is 27.4. The fourth-order valence-electron chi connectivity index (χ4n) is 18.0. The molecule has 0 spiro atoms. The van der Waals surface area contributed by atoms with E-state index in [2.05, 4.69) is 340 Å². The Balaban J connectivity index is 0.924. The van der Waals surface area contributed by atoms with E-state index in [4.69, 9.17) is 0 Å². The van der Waals surface area contributed by atoms with Crippen LogP contribution in [0.1, 0.15) is 50.4 Å². The first kappa shape index (κ1) is 54.7. The smallest absolute Gasteiger partial charge is 0.0954 e. The Morgan fingerprint density at radius 1 is 0.448 bits per heavy atom. The van der Waals surface area contributed by atoms with E-state index in [-0.39, 0.29) is 29.8 Å². The van der Waals surface area contributed by atoms with Gasteiger partial charge in [-0.25, -0.2) is 0 Å². The van der Waals surface area contributed by atoms with Gasteiger partial charge in [-0.05, 0) is 152 Å². The summed E-state index contributed by atoms with van der Waals surface area (Å²) in [5.41, 5.74) is 24.9. The normalized spacial score (nSPS) is 20.0. The van der Waals surface area contributed by atoms with E-state index >= 15 is 0 Å². The predicted octanol–water partition coefficient (Wildman–Crippen LogP) is 21.0. The van der Waals surface area contributed by atoms with E-state index in [1.54, 1.807) is 0 Å². The van der Waals surface area contributed by atoms with Gasteiger partial charge in [0.2, 0.25) is 0 Å². The molecule has 0 radical (unpaired) electrons. The lowest BCUT2D eigenvalue weighted by Crippen LogP contribution is -2.37. The minimum Gasteiger partial charge on any atom is -0.383 e. The van der Waals surface area contributed by atoms with Gasteiger partial charge in [0, 0.05) is 118 Å². The maximum Gasteiger partial charge on any atom is 0.0954 e. The fourth-order valence-corrected chi connectivity index (χ4v) is 18.0.